The van der Waals surface area contributed by atoms with Crippen LogP contribution in [0.15, 0.2) is 24.3 Å². The molecule has 23 heavy (non-hydrogen) atoms. The molecule has 1 aromatic carbocycles. The number of amides is 2. The molecule has 2 heterocycles. The van der Waals surface area contributed by atoms with Crippen molar-refractivity contribution in [2.45, 2.75) is 44.7 Å². The van der Waals surface area contributed by atoms with Gasteiger partial charge in [-0.3, -0.25) is 9.59 Å². The van der Waals surface area contributed by atoms with E-state index >= 15 is 0 Å². The smallest absolute Gasteiger partial charge is 0.223 e. The van der Waals surface area contributed by atoms with Gasteiger partial charge in [0.2, 0.25) is 11.8 Å². The second-order valence-electron chi connectivity index (χ2n) is 6.56. The summed E-state index contributed by atoms with van der Waals surface area (Å²) in [5, 5.41) is 0. The predicted octanol–water partition coefficient (Wildman–Crippen LogP) is 2.20. The highest BCUT2D eigenvalue weighted by Crippen LogP contribution is 2.40. The normalized spacial score (nSPS) is 20.2. The number of rotatable bonds is 3. The van der Waals surface area contributed by atoms with Crippen molar-refractivity contribution >= 4 is 11.8 Å². The maximum atomic E-state index is 12.4. The lowest BCUT2D eigenvalue weighted by Gasteiger charge is -2.45. The van der Waals surface area contributed by atoms with Crippen LogP contribution in [0.5, 0.6) is 5.75 Å². The summed E-state index contributed by atoms with van der Waals surface area (Å²) in [7, 11) is 1.65. The zero-order chi connectivity index (χ0) is 16.4. The fourth-order valence-electron chi connectivity index (χ4n) is 3.80. The minimum absolute atomic E-state index is 0.0665. The minimum atomic E-state index is -0.0665. The Morgan fingerprint density at radius 1 is 1.17 bits per heavy atom. The van der Waals surface area contributed by atoms with Crippen LogP contribution < -0.4 is 4.74 Å². The zero-order valence-corrected chi connectivity index (χ0v) is 13.9. The van der Waals surface area contributed by atoms with Gasteiger partial charge in [-0.15, -0.1) is 0 Å². The quantitative estimate of drug-likeness (QED) is 0.859. The van der Waals surface area contributed by atoms with Gasteiger partial charge in [-0.25, -0.2) is 0 Å². The van der Waals surface area contributed by atoms with E-state index in [9.17, 15) is 9.59 Å². The third-order valence-electron chi connectivity index (χ3n) is 5.32. The van der Waals surface area contributed by atoms with E-state index in [0.717, 1.165) is 43.7 Å². The standard InChI is InChI=1S/C18H24N2O3/c1-14(21)19-11-9-18(10-12-19)8-7-17(22)20(18)13-15-3-5-16(23-2)6-4-15/h3-6H,7-13H2,1-2H3. The first-order valence-electron chi connectivity index (χ1n) is 8.23. The van der Waals surface area contributed by atoms with Crippen molar-refractivity contribution in [1.82, 2.24) is 9.80 Å². The molecule has 0 atom stereocenters. The molecule has 0 aromatic heterocycles. The Morgan fingerprint density at radius 2 is 1.83 bits per heavy atom. The molecule has 1 aromatic rings. The molecule has 0 N–H and O–H groups in total. The molecule has 0 aliphatic carbocycles. The summed E-state index contributed by atoms with van der Waals surface area (Å²) in [5.74, 6) is 1.19. The molecule has 0 radical (unpaired) electrons. The van der Waals surface area contributed by atoms with Gasteiger partial charge < -0.3 is 14.5 Å². The molecule has 2 saturated heterocycles. The Hall–Kier alpha value is -2.04. The number of carbonyl (C=O) groups excluding carboxylic acids is 2. The summed E-state index contributed by atoms with van der Waals surface area (Å²) < 4.78 is 5.19. The monoisotopic (exact) mass is 316 g/mol. The first kappa shape index (κ1) is 15.8. The van der Waals surface area contributed by atoms with Gasteiger partial charge >= 0.3 is 0 Å². The number of hydrogen-bond acceptors (Lipinski definition) is 3. The molecule has 2 amide bonds. The Kier molecular flexibility index (Phi) is 4.28. The Morgan fingerprint density at radius 3 is 2.39 bits per heavy atom. The SMILES string of the molecule is COc1ccc(CN2C(=O)CCC23CCN(C(C)=O)CC3)cc1. The van der Waals surface area contributed by atoms with E-state index < -0.39 is 0 Å². The maximum absolute atomic E-state index is 12.4. The van der Waals surface area contributed by atoms with E-state index in [1.807, 2.05) is 34.1 Å². The summed E-state index contributed by atoms with van der Waals surface area (Å²) in [6.07, 6.45) is 3.30. The van der Waals surface area contributed by atoms with E-state index in [-0.39, 0.29) is 17.4 Å². The van der Waals surface area contributed by atoms with Gasteiger partial charge in [0.15, 0.2) is 0 Å². The molecular weight excluding hydrogens is 292 g/mol. The fourth-order valence-corrected chi connectivity index (χ4v) is 3.80. The van der Waals surface area contributed by atoms with Crippen molar-refractivity contribution in [2.24, 2.45) is 0 Å². The summed E-state index contributed by atoms with van der Waals surface area (Å²) in [6, 6.07) is 7.90. The van der Waals surface area contributed by atoms with Crippen molar-refractivity contribution in [1.29, 1.82) is 0 Å². The van der Waals surface area contributed by atoms with Crippen molar-refractivity contribution in [3.05, 3.63) is 29.8 Å². The molecule has 1 spiro atoms. The predicted molar refractivity (Wildman–Crippen MR) is 87.0 cm³/mol. The van der Waals surface area contributed by atoms with Crippen molar-refractivity contribution in [2.75, 3.05) is 20.2 Å². The van der Waals surface area contributed by atoms with E-state index in [0.29, 0.717) is 13.0 Å². The molecule has 2 fully saturated rings. The van der Waals surface area contributed by atoms with Gasteiger partial charge in [0, 0.05) is 38.5 Å². The number of carbonyl (C=O) groups is 2. The number of piperidine rings is 1. The first-order chi connectivity index (χ1) is 11.0. The van der Waals surface area contributed by atoms with Crippen LogP contribution in [-0.2, 0) is 16.1 Å². The highest BCUT2D eigenvalue weighted by Gasteiger charge is 2.46. The van der Waals surface area contributed by atoms with Crippen LogP contribution in [0.2, 0.25) is 0 Å². The largest absolute Gasteiger partial charge is 0.497 e. The molecule has 3 rings (SSSR count). The number of nitrogens with zero attached hydrogens (tertiary/aromatic N) is 2. The van der Waals surface area contributed by atoms with Gasteiger partial charge in [-0.1, -0.05) is 12.1 Å². The third kappa shape index (κ3) is 3.05. The Labute approximate surface area is 137 Å². The lowest BCUT2D eigenvalue weighted by molar-refractivity contribution is -0.136. The topological polar surface area (TPSA) is 49.9 Å². The second-order valence-corrected chi connectivity index (χ2v) is 6.56. The van der Waals surface area contributed by atoms with Crippen LogP contribution >= 0.6 is 0 Å². The molecule has 0 saturated carbocycles. The van der Waals surface area contributed by atoms with Gasteiger partial charge in [0.05, 0.1) is 7.11 Å². The fraction of sp³-hybridized carbons (Fsp3) is 0.556. The van der Waals surface area contributed by atoms with Gasteiger partial charge in [0.1, 0.15) is 5.75 Å². The van der Waals surface area contributed by atoms with Crippen molar-refractivity contribution in [3.8, 4) is 5.75 Å². The Bertz CT molecular complexity index is 589. The minimum Gasteiger partial charge on any atom is -0.497 e. The number of ether oxygens (including phenoxy) is 1. The average molecular weight is 316 g/mol. The number of methoxy groups -OCH3 is 1. The Balaban J connectivity index is 1.73. The van der Waals surface area contributed by atoms with Crippen LogP contribution in [0.1, 0.15) is 38.2 Å². The molecule has 5 heteroatoms. The lowest BCUT2D eigenvalue weighted by Crippen LogP contribution is -2.53. The van der Waals surface area contributed by atoms with Crippen molar-refractivity contribution in [3.63, 3.8) is 0 Å². The van der Waals surface area contributed by atoms with Crippen LogP contribution in [0, 0.1) is 0 Å². The molecule has 2 aliphatic heterocycles. The van der Waals surface area contributed by atoms with Crippen molar-refractivity contribution < 1.29 is 14.3 Å². The maximum Gasteiger partial charge on any atom is 0.223 e. The zero-order valence-electron chi connectivity index (χ0n) is 13.9. The van der Waals surface area contributed by atoms with E-state index in [1.54, 1.807) is 14.0 Å². The van der Waals surface area contributed by atoms with Crippen LogP contribution in [0.3, 0.4) is 0 Å². The summed E-state index contributed by atoms with van der Waals surface area (Å²) in [4.78, 5) is 27.9. The molecule has 0 unspecified atom stereocenters. The molecule has 0 bridgehead atoms. The summed E-state index contributed by atoms with van der Waals surface area (Å²) in [5.41, 5.74) is 1.05. The highest BCUT2D eigenvalue weighted by molar-refractivity contribution is 5.80. The summed E-state index contributed by atoms with van der Waals surface area (Å²) >= 11 is 0. The first-order valence-corrected chi connectivity index (χ1v) is 8.23. The third-order valence-corrected chi connectivity index (χ3v) is 5.32. The molecule has 5 nitrogen and oxygen atoms in total. The van der Waals surface area contributed by atoms with E-state index in [1.165, 1.54) is 0 Å². The number of likely N-dealkylation sites (tertiary alicyclic amines) is 2. The second kappa shape index (κ2) is 6.22. The van der Waals surface area contributed by atoms with Crippen LogP contribution in [0.25, 0.3) is 0 Å². The van der Waals surface area contributed by atoms with Crippen LogP contribution in [-0.4, -0.2) is 47.4 Å². The lowest BCUT2D eigenvalue weighted by atomic mass is 9.84. The van der Waals surface area contributed by atoms with Gasteiger partial charge in [0.25, 0.3) is 0 Å². The van der Waals surface area contributed by atoms with E-state index in [4.69, 9.17) is 4.74 Å². The number of benzene rings is 1. The highest BCUT2D eigenvalue weighted by atomic mass is 16.5. The molecule has 124 valence electrons. The molecule has 2 aliphatic rings. The molecular formula is C18H24N2O3. The van der Waals surface area contributed by atoms with Gasteiger partial charge in [-0.2, -0.15) is 0 Å². The average Bonchev–Trinajstić information content (AvgIpc) is 2.85. The number of hydrogen-bond donors (Lipinski definition) is 0. The summed E-state index contributed by atoms with van der Waals surface area (Å²) in [6.45, 7) is 3.76. The van der Waals surface area contributed by atoms with E-state index in [2.05, 4.69) is 0 Å². The van der Waals surface area contributed by atoms with Crippen LogP contribution in [0.4, 0.5) is 0 Å². The van der Waals surface area contributed by atoms with Gasteiger partial charge in [-0.05, 0) is 37.0 Å².